The van der Waals surface area contributed by atoms with Gasteiger partial charge in [-0.15, -0.1) is 0 Å². The van der Waals surface area contributed by atoms with Gasteiger partial charge in [0.25, 0.3) is 0 Å². The van der Waals surface area contributed by atoms with Gasteiger partial charge in [0.15, 0.2) is 5.03 Å². The molecule has 0 spiro atoms. The van der Waals surface area contributed by atoms with Gasteiger partial charge in [-0.3, -0.25) is 4.55 Å². The monoisotopic (exact) mass is 212 g/mol. The molecular weight excluding hydrogens is 204 g/mol. The minimum absolute atomic E-state index is 0.307. The van der Waals surface area contributed by atoms with E-state index in [2.05, 4.69) is 0 Å². The number of rotatable bonds is 1. The maximum absolute atomic E-state index is 10.9. The minimum atomic E-state index is -4.26. The normalized spacial score (nSPS) is 12.1. The van der Waals surface area contributed by atoms with E-state index in [1.807, 2.05) is 0 Å². The van der Waals surface area contributed by atoms with Gasteiger partial charge in [-0.2, -0.15) is 8.42 Å². The minimum Gasteiger partial charge on any atom is -0.338 e. The maximum atomic E-state index is 10.9. The van der Waals surface area contributed by atoms with E-state index in [1.54, 1.807) is 24.3 Å². The zero-order valence-corrected chi connectivity index (χ0v) is 7.90. The molecule has 0 atom stereocenters. The molecule has 0 saturated carbocycles. The predicted molar refractivity (Wildman–Crippen MR) is 51.9 cm³/mol. The molecule has 74 valence electrons. The topological polar surface area (TPSA) is 85.3 Å². The molecule has 0 radical (unpaired) electrons. The van der Waals surface area contributed by atoms with Crippen molar-refractivity contribution >= 4 is 21.0 Å². The number of hydrogen-bond acceptors (Lipinski definition) is 3. The van der Waals surface area contributed by atoms with E-state index >= 15 is 0 Å². The van der Waals surface area contributed by atoms with Gasteiger partial charge in [-0.1, -0.05) is 18.2 Å². The first-order chi connectivity index (χ1) is 6.50. The fourth-order valence-corrected chi connectivity index (χ4v) is 1.97. The van der Waals surface area contributed by atoms with Gasteiger partial charge in [-0.05, 0) is 12.1 Å². The molecule has 0 amide bonds. The van der Waals surface area contributed by atoms with Crippen molar-refractivity contribution in [3.8, 4) is 0 Å². The average molecular weight is 212 g/mol. The summed E-state index contributed by atoms with van der Waals surface area (Å²) in [6, 6.07) is 8.21. The highest BCUT2D eigenvalue weighted by Gasteiger charge is 2.16. The Morgan fingerprint density at radius 2 is 1.93 bits per heavy atom. The van der Waals surface area contributed by atoms with Crippen LogP contribution in [0.3, 0.4) is 0 Å². The molecule has 1 heterocycles. The van der Waals surface area contributed by atoms with Gasteiger partial charge in [0.05, 0.1) is 5.52 Å². The van der Waals surface area contributed by atoms with Crippen LogP contribution in [0, 0.1) is 0 Å². The quantitative estimate of drug-likeness (QED) is 0.535. The molecule has 2 rings (SSSR count). The predicted octanol–water partition coefficient (Wildman–Crippen LogP) is 0.602. The van der Waals surface area contributed by atoms with Crippen molar-refractivity contribution in [2.45, 2.75) is 5.03 Å². The van der Waals surface area contributed by atoms with Crippen LogP contribution in [0.1, 0.15) is 0 Å². The molecule has 0 aliphatic carbocycles. The van der Waals surface area contributed by atoms with Crippen molar-refractivity contribution < 1.29 is 13.0 Å². The second kappa shape index (κ2) is 2.73. The van der Waals surface area contributed by atoms with Crippen LogP contribution >= 0.6 is 0 Å². The number of benzene rings is 1. The van der Waals surface area contributed by atoms with Crippen molar-refractivity contribution in [1.29, 1.82) is 0 Å². The Morgan fingerprint density at radius 1 is 1.29 bits per heavy atom. The second-order valence-electron chi connectivity index (χ2n) is 2.89. The summed E-state index contributed by atoms with van der Waals surface area (Å²) >= 11 is 0. The summed E-state index contributed by atoms with van der Waals surface area (Å²) in [4.78, 5) is 0. The summed E-state index contributed by atoms with van der Waals surface area (Å²) in [5, 5.41) is 0.362. The van der Waals surface area contributed by atoms with Crippen molar-refractivity contribution in [2.24, 2.45) is 0 Å². The molecular formula is C8H8N2O3S. The first-order valence-electron chi connectivity index (χ1n) is 3.83. The van der Waals surface area contributed by atoms with Crippen molar-refractivity contribution in [3.05, 3.63) is 30.3 Å². The number of aromatic nitrogens is 1. The van der Waals surface area contributed by atoms with Crippen LogP contribution in [0.4, 0.5) is 0 Å². The summed E-state index contributed by atoms with van der Waals surface area (Å²) in [6.07, 6.45) is 0. The number of hydrogen-bond donors (Lipinski definition) is 2. The second-order valence-corrected chi connectivity index (χ2v) is 4.25. The molecule has 1 aromatic heterocycles. The van der Waals surface area contributed by atoms with Crippen LogP contribution in [-0.4, -0.2) is 17.6 Å². The Labute approximate surface area is 80.5 Å². The summed E-state index contributed by atoms with van der Waals surface area (Å²) in [5.74, 6) is 5.50. The van der Waals surface area contributed by atoms with Gasteiger partial charge < -0.3 is 5.84 Å². The highest BCUT2D eigenvalue weighted by Crippen LogP contribution is 2.19. The van der Waals surface area contributed by atoms with E-state index in [-0.39, 0.29) is 5.03 Å². The molecule has 1 aromatic carbocycles. The van der Waals surface area contributed by atoms with E-state index < -0.39 is 10.1 Å². The summed E-state index contributed by atoms with van der Waals surface area (Å²) in [6.45, 7) is 0. The standard InChI is InChI=1S/C8H8N2O3S/c9-10-7-4-2-1-3-6(7)5-8(10)14(11,12)13/h1-5H,9H2,(H,11,12,13). The zero-order valence-electron chi connectivity index (χ0n) is 7.08. The Hall–Kier alpha value is -1.53. The Kier molecular flexibility index (Phi) is 1.76. The molecule has 14 heavy (non-hydrogen) atoms. The maximum Gasteiger partial charge on any atom is 0.312 e. The molecule has 3 N–H and O–H groups in total. The highest BCUT2D eigenvalue weighted by atomic mass is 32.2. The van der Waals surface area contributed by atoms with Gasteiger partial charge in [0.1, 0.15) is 0 Å². The van der Waals surface area contributed by atoms with E-state index in [1.165, 1.54) is 6.07 Å². The van der Waals surface area contributed by atoms with Gasteiger partial charge in [0.2, 0.25) is 0 Å². The molecule has 6 heteroatoms. The lowest BCUT2D eigenvalue weighted by molar-refractivity contribution is 0.476. The number of nitrogens with two attached hydrogens (primary N) is 1. The van der Waals surface area contributed by atoms with E-state index in [4.69, 9.17) is 10.4 Å². The number of nitrogen functional groups attached to an aromatic ring is 1. The number of fused-ring (bicyclic) bond motifs is 1. The first kappa shape index (κ1) is 9.04. The van der Waals surface area contributed by atoms with Crippen molar-refractivity contribution in [2.75, 3.05) is 5.84 Å². The van der Waals surface area contributed by atoms with Crippen molar-refractivity contribution in [3.63, 3.8) is 0 Å². The lowest BCUT2D eigenvalue weighted by Crippen LogP contribution is -2.15. The third-order valence-corrected chi connectivity index (χ3v) is 2.82. The third kappa shape index (κ3) is 1.24. The molecule has 0 aliphatic rings. The van der Waals surface area contributed by atoms with E-state index in [0.717, 1.165) is 4.68 Å². The zero-order chi connectivity index (χ0) is 10.3. The molecule has 5 nitrogen and oxygen atoms in total. The highest BCUT2D eigenvalue weighted by molar-refractivity contribution is 7.85. The van der Waals surface area contributed by atoms with Crippen LogP contribution in [0.5, 0.6) is 0 Å². The van der Waals surface area contributed by atoms with Crippen LogP contribution in [0.15, 0.2) is 35.4 Å². The Bertz CT molecular complexity index is 586. The average Bonchev–Trinajstić information content (AvgIpc) is 2.44. The molecule has 2 aromatic rings. The fraction of sp³-hybridized carbons (Fsp3) is 0. The van der Waals surface area contributed by atoms with Crippen LogP contribution in [0.2, 0.25) is 0 Å². The SMILES string of the molecule is Nn1c(S(=O)(=O)O)cc2ccccc21. The largest absolute Gasteiger partial charge is 0.338 e. The van der Waals surface area contributed by atoms with E-state index in [9.17, 15) is 8.42 Å². The van der Waals surface area contributed by atoms with Gasteiger partial charge in [-0.25, -0.2) is 4.68 Å². The van der Waals surface area contributed by atoms with Crippen LogP contribution < -0.4 is 5.84 Å². The Morgan fingerprint density at radius 3 is 2.50 bits per heavy atom. The van der Waals surface area contributed by atoms with Gasteiger partial charge in [0, 0.05) is 5.39 Å². The molecule has 0 aliphatic heterocycles. The third-order valence-electron chi connectivity index (χ3n) is 1.98. The number of para-hydroxylation sites is 1. The van der Waals surface area contributed by atoms with Gasteiger partial charge >= 0.3 is 10.1 Å². The van der Waals surface area contributed by atoms with Crippen molar-refractivity contribution in [1.82, 2.24) is 4.68 Å². The summed E-state index contributed by atoms with van der Waals surface area (Å²) in [5.41, 5.74) is 0.556. The molecule has 0 saturated heterocycles. The summed E-state index contributed by atoms with van der Waals surface area (Å²) < 4.78 is 31.5. The summed E-state index contributed by atoms with van der Waals surface area (Å²) in [7, 11) is -4.26. The Balaban J connectivity index is 2.89. The lowest BCUT2D eigenvalue weighted by atomic mass is 10.3. The molecule has 0 fully saturated rings. The lowest BCUT2D eigenvalue weighted by Gasteiger charge is -1.99. The van der Waals surface area contributed by atoms with E-state index in [0.29, 0.717) is 10.9 Å². The van der Waals surface area contributed by atoms with Crippen LogP contribution in [-0.2, 0) is 10.1 Å². The smallest absolute Gasteiger partial charge is 0.312 e. The van der Waals surface area contributed by atoms with Crippen LogP contribution in [0.25, 0.3) is 10.9 Å². The molecule has 0 unspecified atom stereocenters. The first-order valence-corrected chi connectivity index (χ1v) is 5.27. The fourth-order valence-electron chi connectivity index (χ4n) is 1.35. The molecule has 0 bridgehead atoms. The number of nitrogens with zero attached hydrogens (tertiary/aromatic N) is 1.